The third kappa shape index (κ3) is 4.13. The molecule has 0 aromatic heterocycles. The van der Waals surface area contributed by atoms with E-state index >= 15 is 0 Å². The van der Waals surface area contributed by atoms with Gasteiger partial charge in [0.05, 0.1) is 26.9 Å². The van der Waals surface area contributed by atoms with Crippen molar-refractivity contribution in [1.82, 2.24) is 5.32 Å². The molecule has 0 radical (unpaired) electrons. The third-order valence-corrected chi connectivity index (χ3v) is 3.53. The minimum Gasteiger partial charge on any atom is -0.507 e. The Balaban J connectivity index is 2.18. The highest BCUT2D eigenvalue weighted by atomic mass is 16.5. The van der Waals surface area contributed by atoms with Crippen LogP contribution >= 0.6 is 0 Å². The Bertz CT molecular complexity index is 844. The smallest absolute Gasteiger partial charge is 0.261 e. The molecule has 2 N–H and O–H groups in total. The lowest BCUT2D eigenvalue weighted by molar-refractivity contribution is -0.115. The number of phenolic OH excluding ortho intramolecular Hbond substituents is 1. The standard InChI is InChI=1S/C19H19NO6/c1-24-15-10-8-12(17(25-2)18(15)26-3)9-11-16(22)20-19(23)13-6-4-5-7-14(13)21/h4-11,21H,1-3H3,(H,20,22,23)/b11-9+. The minimum atomic E-state index is -0.697. The van der Waals surface area contributed by atoms with Crippen LogP contribution in [0.15, 0.2) is 42.5 Å². The molecule has 26 heavy (non-hydrogen) atoms. The summed E-state index contributed by atoms with van der Waals surface area (Å²) >= 11 is 0. The van der Waals surface area contributed by atoms with Crippen LogP contribution in [-0.2, 0) is 4.79 Å². The Hall–Kier alpha value is -3.48. The monoisotopic (exact) mass is 357 g/mol. The van der Waals surface area contributed by atoms with Crippen molar-refractivity contribution < 1.29 is 28.9 Å². The number of hydrogen-bond donors (Lipinski definition) is 2. The molecule has 2 amide bonds. The summed E-state index contributed by atoms with van der Waals surface area (Å²) in [5.41, 5.74) is 0.577. The predicted molar refractivity (Wildman–Crippen MR) is 95.7 cm³/mol. The predicted octanol–water partition coefficient (Wildman–Crippen LogP) is 2.39. The van der Waals surface area contributed by atoms with E-state index in [9.17, 15) is 14.7 Å². The molecule has 2 aromatic carbocycles. The number of imide groups is 1. The van der Waals surface area contributed by atoms with Gasteiger partial charge in [0, 0.05) is 11.6 Å². The van der Waals surface area contributed by atoms with Gasteiger partial charge in [0.25, 0.3) is 11.8 Å². The Labute approximate surface area is 150 Å². The summed E-state index contributed by atoms with van der Waals surface area (Å²) in [5.74, 6) is -0.276. The first-order chi connectivity index (χ1) is 12.5. The Morgan fingerprint density at radius 1 is 0.962 bits per heavy atom. The Kier molecular flexibility index (Phi) is 6.21. The largest absolute Gasteiger partial charge is 0.507 e. The molecule has 0 saturated heterocycles. The molecular formula is C19H19NO6. The minimum absolute atomic E-state index is 0.0120. The highest BCUT2D eigenvalue weighted by Gasteiger charge is 2.15. The molecule has 0 unspecified atom stereocenters. The number of phenols is 1. The maximum Gasteiger partial charge on any atom is 0.261 e. The number of carbonyl (C=O) groups excluding carboxylic acids is 2. The number of rotatable bonds is 6. The lowest BCUT2D eigenvalue weighted by Gasteiger charge is -2.13. The second-order valence-corrected chi connectivity index (χ2v) is 5.09. The second kappa shape index (κ2) is 8.57. The van der Waals surface area contributed by atoms with Crippen LogP contribution in [0.5, 0.6) is 23.0 Å². The van der Waals surface area contributed by atoms with E-state index in [-0.39, 0.29) is 11.3 Å². The van der Waals surface area contributed by atoms with Gasteiger partial charge in [-0.2, -0.15) is 0 Å². The van der Waals surface area contributed by atoms with Gasteiger partial charge in [0.2, 0.25) is 5.75 Å². The molecular weight excluding hydrogens is 338 g/mol. The van der Waals surface area contributed by atoms with Gasteiger partial charge in [-0.3, -0.25) is 14.9 Å². The number of methoxy groups -OCH3 is 3. The third-order valence-electron chi connectivity index (χ3n) is 3.53. The van der Waals surface area contributed by atoms with Crippen LogP contribution in [0.1, 0.15) is 15.9 Å². The molecule has 0 saturated carbocycles. The van der Waals surface area contributed by atoms with Crippen molar-refractivity contribution in [1.29, 1.82) is 0 Å². The van der Waals surface area contributed by atoms with Crippen LogP contribution in [0.3, 0.4) is 0 Å². The number of ether oxygens (including phenoxy) is 3. The zero-order valence-corrected chi connectivity index (χ0v) is 14.6. The first-order valence-corrected chi connectivity index (χ1v) is 7.62. The maximum absolute atomic E-state index is 12.0. The quantitative estimate of drug-likeness (QED) is 0.771. The normalized spacial score (nSPS) is 10.4. The molecule has 0 heterocycles. The average Bonchev–Trinajstić information content (AvgIpc) is 2.65. The molecule has 2 aromatic rings. The number of aromatic hydroxyl groups is 1. The summed E-state index contributed by atoms with van der Waals surface area (Å²) in [4.78, 5) is 24.0. The van der Waals surface area contributed by atoms with E-state index in [4.69, 9.17) is 14.2 Å². The number of nitrogens with one attached hydrogen (secondary N) is 1. The van der Waals surface area contributed by atoms with Crippen molar-refractivity contribution in [2.75, 3.05) is 21.3 Å². The van der Waals surface area contributed by atoms with E-state index < -0.39 is 11.8 Å². The van der Waals surface area contributed by atoms with Crippen LogP contribution in [-0.4, -0.2) is 38.3 Å². The fraction of sp³-hybridized carbons (Fsp3) is 0.158. The van der Waals surface area contributed by atoms with Crippen LogP contribution in [0, 0.1) is 0 Å². The lowest BCUT2D eigenvalue weighted by Crippen LogP contribution is -2.28. The van der Waals surface area contributed by atoms with E-state index in [1.807, 2.05) is 0 Å². The van der Waals surface area contributed by atoms with Gasteiger partial charge in [-0.1, -0.05) is 12.1 Å². The molecule has 0 bridgehead atoms. The maximum atomic E-state index is 12.0. The zero-order valence-electron chi connectivity index (χ0n) is 14.6. The Morgan fingerprint density at radius 2 is 1.65 bits per heavy atom. The van der Waals surface area contributed by atoms with E-state index in [1.54, 1.807) is 24.3 Å². The van der Waals surface area contributed by atoms with E-state index in [2.05, 4.69) is 5.32 Å². The Morgan fingerprint density at radius 3 is 2.27 bits per heavy atom. The number of carbonyl (C=O) groups is 2. The van der Waals surface area contributed by atoms with E-state index in [1.165, 1.54) is 45.6 Å². The van der Waals surface area contributed by atoms with Gasteiger partial charge in [-0.05, 0) is 30.3 Å². The molecule has 2 rings (SSSR count). The van der Waals surface area contributed by atoms with Gasteiger partial charge in [-0.15, -0.1) is 0 Å². The molecule has 0 aliphatic heterocycles. The molecule has 7 heteroatoms. The molecule has 0 aliphatic rings. The van der Waals surface area contributed by atoms with Crippen LogP contribution in [0.25, 0.3) is 6.08 Å². The highest BCUT2D eigenvalue weighted by molar-refractivity contribution is 6.10. The molecule has 136 valence electrons. The van der Waals surface area contributed by atoms with Crippen molar-refractivity contribution in [3.8, 4) is 23.0 Å². The zero-order chi connectivity index (χ0) is 19.1. The summed E-state index contributed by atoms with van der Waals surface area (Å²) < 4.78 is 15.8. The van der Waals surface area contributed by atoms with Gasteiger partial charge in [0.15, 0.2) is 11.5 Å². The average molecular weight is 357 g/mol. The summed E-state index contributed by atoms with van der Waals surface area (Å²) in [6.45, 7) is 0. The van der Waals surface area contributed by atoms with Crippen LogP contribution < -0.4 is 19.5 Å². The topological polar surface area (TPSA) is 94.1 Å². The van der Waals surface area contributed by atoms with Gasteiger partial charge in [-0.25, -0.2) is 0 Å². The summed E-state index contributed by atoms with van der Waals surface area (Å²) in [6.07, 6.45) is 2.66. The fourth-order valence-corrected chi connectivity index (χ4v) is 2.31. The van der Waals surface area contributed by atoms with Crippen LogP contribution in [0.4, 0.5) is 0 Å². The van der Waals surface area contributed by atoms with Crippen molar-refractivity contribution in [2.24, 2.45) is 0 Å². The molecule has 0 aliphatic carbocycles. The second-order valence-electron chi connectivity index (χ2n) is 5.09. The van der Waals surface area contributed by atoms with Crippen LogP contribution in [0.2, 0.25) is 0 Å². The lowest BCUT2D eigenvalue weighted by atomic mass is 10.1. The highest BCUT2D eigenvalue weighted by Crippen LogP contribution is 2.40. The molecule has 0 spiro atoms. The summed E-state index contributed by atoms with van der Waals surface area (Å²) in [6, 6.07) is 9.31. The van der Waals surface area contributed by atoms with E-state index in [0.29, 0.717) is 22.8 Å². The number of hydrogen-bond acceptors (Lipinski definition) is 6. The molecule has 0 atom stereocenters. The van der Waals surface area contributed by atoms with Crippen molar-refractivity contribution in [2.45, 2.75) is 0 Å². The number of amides is 2. The number of para-hydroxylation sites is 1. The van der Waals surface area contributed by atoms with Crippen molar-refractivity contribution in [3.63, 3.8) is 0 Å². The molecule has 0 fully saturated rings. The summed E-state index contributed by atoms with van der Waals surface area (Å²) in [5, 5.41) is 11.8. The van der Waals surface area contributed by atoms with E-state index in [0.717, 1.165) is 0 Å². The van der Waals surface area contributed by atoms with Crippen molar-refractivity contribution >= 4 is 17.9 Å². The fourth-order valence-electron chi connectivity index (χ4n) is 2.31. The number of benzene rings is 2. The van der Waals surface area contributed by atoms with Gasteiger partial charge < -0.3 is 19.3 Å². The first-order valence-electron chi connectivity index (χ1n) is 7.62. The SMILES string of the molecule is COc1ccc(/C=C/C(=O)NC(=O)c2ccccc2O)c(OC)c1OC. The van der Waals surface area contributed by atoms with Crippen molar-refractivity contribution in [3.05, 3.63) is 53.6 Å². The van der Waals surface area contributed by atoms with Gasteiger partial charge in [0.1, 0.15) is 5.75 Å². The van der Waals surface area contributed by atoms with Gasteiger partial charge >= 0.3 is 0 Å². The summed E-state index contributed by atoms with van der Waals surface area (Å²) in [7, 11) is 4.45. The first kappa shape index (κ1) is 18.9. The molecule has 7 nitrogen and oxygen atoms in total.